The lowest BCUT2D eigenvalue weighted by molar-refractivity contribution is 0.756. The molecule has 66 valence electrons. The first-order valence-electron chi connectivity index (χ1n) is 4.18. The summed E-state index contributed by atoms with van der Waals surface area (Å²) < 4.78 is 1.82. The van der Waals surface area contributed by atoms with E-state index in [0.717, 1.165) is 5.69 Å². The molecular weight excluding hydrogens is 162 g/mol. The first-order chi connectivity index (χ1) is 6.27. The van der Waals surface area contributed by atoms with Crippen molar-refractivity contribution >= 4 is 0 Å². The SMILES string of the molecule is Cc1nn(C)cc1-c1ccncc1. The standard InChI is InChI=1S/C10H11N3/c1-8-10(7-13(2)12-8)9-3-5-11-6-4-9/h3-7H,1-2H3. The predicted octanol–water partition coefficient (Wildman–Crippen LogP) is 1.79. The van der Waals surface area contributed by atoms with Crippen LogP contribution >= 0.6 is 0 Å². The Morgan fingerprint density at radius 3 is 2.46 bits per heavy atom. The number of hydrogen-bond donors (Lipinski definition) is 0. The molecule has 0 fully saturated rings. The summed E-state index contributed by atoms with van der Waals surface area (Å²) in [5, 5.41) is 4.28. The fourth-order valence-electron chi connectivity index (χ4n) is 1.41. The van der Waals surface area contributed by atoms with Gasteiger partial charge in [-0.05, 0) is 24.6 Å². The first-order valence-corrected chi connectivity index (χ1v) is 4.18. The van der Waals surface area contributed by atoms with Crippen molar-refractivity contribution in [3.05, 3.63) is 36.4 Å². The Balaban J connectivity index is 2.53. The summed E-state index contributed by atoms with van der Waals surface area (Å²) >= 11 is 0. The number of aromatic nitrogens is 3. The maximum absolute atomic E-state index is 4.28. The smallest absolute Gasteiger partial charge is 0.0671 e. The molecular formula is C10H11N3. The molecule has 3 nitrogen and oxygen atoms in total. The van der Waals surface area contributed by atoms with Crippen LogP contribution in [0.15, 0.2) is 30.7 Å². The van der Waals surface area contributed by atoms with Gasteiger partial charge in [0.15, 0.2) is 0 Å². The largest absolute Gasteiger partial charge is 0.275 e. The lowest BCUT2D eigenvalue weighted by Crippen LogP contribution is -1.86. The molecule has 2 heterocycles. The Bertz CT molecular complexity index is 403. The van der Waals surface area contributed by atoms with Gasteiger partial charge in [-0.2, -0.15) is 5.10 Å². The maximum atomic E-state index is 4.28. The molecule has 0 aliphatic heterocycles. The van der Waals surface area contributed by atoms with Crippen LogP contribution < -0.4 is 0 Å². The third-order valence-electron chi connectivity index (χ3n) is 2.00. The van der Waals surface area contributed by atoms with Crippen LogP contribution in [0.3, 0.4) is 0 Å². The second kappa shape index (κ2) is 3.01. The highest BCUT2D eigenvalue weighted by Gasteiger charge is 2.04. The monoisotopic (exact) mass is 173 g/mol. The number of rotatable bonds is 1. The molecule has 0 N–H and O–H groups in total. The molecule has 0 aliphatic carbocycles. The van der Waals surface area contributed by atoms with Gasteiger partial charge in [-0.15, -0.1) is 0 Å². The van der Waals surface area contributed by atoms with Crippen molar-refractivity contribution < 1.29 is 0 Å². The molecule has 0 amide bonds. The highest BCUT2D eigenvalue weighted by atomic mass is 15.2. The van der Waals surface area contributed by atoms with Crippen molar-refractivity contribution in [2.24, 2.45) is 7.05 Å². The Hall–Kier alpha value is -1.64. The van der Waals surface area contributed by atoms with E-state index in [0.29, 0.717) is 0 Å². The topological polar surface area (TPSA) is 30.7 Å². The van der Waals surface area contributed by atoms with Crippen LogP contribution in [-0.2, 0) is 7.05 Å². The average Bonchev–Trinajstić information content (AvgIpc) is 2.47. The van der Waals surface area contributed by atoms with Crippen molar-refractivity contribution in [1.82, 2.24) is 14.8 Å². The van der Waals surface area contributed by atoms with Crippen LogP contribution in [-0.4, -0.2) is 14.8 Å². The zero-order valence-electron chi connectivity index (χ0n) is 7.73. The molecule has 2 rings (SSSR count). The van der Waals surface area contributed by atoms with Crippen LogP contribution in [0.1, 0.15) is 5.69 Å². The van der Waals surface area contributed by atoms with E-state index in [1.54, 1.807) is 12.4 Å². The van der Waals surface area contributed by atoms with Gasteiger partial charge >= 0.3 is 0 Å². The number of nitrogens with zero attached hydrogens (tertiary/aromatic N) is 3. The van der Waals surface area contributed by atoms with Crippen molar-refractivity contribution in [3.8, 4) is 11.1 Å². The van der Waals surface area contributed by atoms with Crippen molar-refractivity contribution in [2.45, 2.75) is 6.92 Å². The first kappa shape index (κ1) is 7.98. The van der Waals surface area contributed by atoms with Gasteiger partial charge < -0.3 is 0 Å². The molecule has 13 heavy (non-hydrogen) atoms. The minimum atomic E-state index is 1.05. The van der Waals surface area contributed by atoms with Gasteiger partial charge in [0.2, 0.25) is 0 Å². The summed E-state index contributed by atoms with van der Waals surface area (Å²) in [5.74, 6) is 0. The zero-order valence-corrected chi connectivity index (χ0v) is 7.73. The molecule has 0 spiro atoms. The molecule has 3 heteroatoms. The highest BCUT2D eigenvalue weighted by molar-refractivity contribution is 5.64. The third-order valence-corrected chi connectivity index (χ3v) is 2.00. The highest BCUT2D eigenvalue weighted by Crippen LogP contribution is 2.20. The Kier molecular flexibility index (Phi) is 1.85. The summed E-state index contributed by atoms with van der Waals surface area (Å²) in [6.07, 6.45) is 5.61. The van der Waals surface area contributed by atoms with E-state index in [-0.39, 0.29) is 0 Å². The summed E-state index contributed by atoms with van der Waals surface area (Å²) in [6.45, 7) is 2.01. The van der Waals surface area contributed by atoms with Crippen molar-refractivity contribution in [1.29, 1.82) is 0 Å². The number of pyridine rings is 1. The van der Waals surface area contributed by atoms with Crippen LogP contribution in [0.4, 0.5) is 0 Å². The van der Waals surface area contributed by atoms with E-state index in [1.807, 2.05) is 37.0 Å². The van der Waals surface area contributed by atoms with Gasteiger partial charge in [0.05, 0.1) is 5.69 Å². The van der Waals surface area contributed by atoms with Gasteiger partial charge in [-0.25, -0.2) is 0 Å². The summed E-state index contributed by atoms with van der Waals surface area (Å²) in [5.41, 5.74) is 3.39. The second-order valence-electron chi connectivity index (χ2n) is 3.04. The molecule has 2 aromatic rings. The fraction of sp³-hybridized carbons (Fsp3) is 0.200. The molecule has 0 saturated heterocycles. The lowest BCUT2D eigenvalue weighted by Gasteiger charge is -1.95. The summed E-state index contributed by atoms with van der Waals surface area (Å²) in [4.78, 5) is 3.98. The number of aryl methyl sites for hydroxylation is 2. The minimum Gasteiger partial charge on any atom is -0.275 e. The zero-order chi connectivity index (χ0) is 9.26. The summed E-state index contributed by atoms with van der Waals surface area (Å²) in [6, 6.07) is 3.98. The molecule has 0 saturated carbocycles. The minimum absolute atomic E-state index is 1.05. The Morgan fingerprint density at radius 2 is 1.92 bits per heavy atom. The van der Waals surface area contributed by atoms with Gasteiger partial charge in [0.1, 0.15) is 0 Å². The maximum Gasteiger partial charge on any atom is 0.0671 e. The van der Waals surface area contributed by atoms with Crippen molar-refractivity contribution in [2.75, 3.05) is 0 Å². The van der Waals surface area contributed by atoms with Gasteiger partial charge in [0, 0.05) is 31.2 Å². The Labute approximate surface area is 77.0 Å². The molecule has 0 radical (unpaired) electrons. The number of hydrogen-bond acceptors (Lipinski definition) is 2. The molecule has 0 aromatic carbocycles. The van der Waals surface area contributed by atoms with Gasteiger partial charge in [-0.1, -0.05) is 0 Å². The quantitative estimate of drug-likeness (QED) is 0.658. The molecule has 2 aromatic heterocycles. The van der Waals surface area contributed by atoms with Gasteiger partial charge in [0.25, 0.3) is 0 Å². The van der Waals surface area contributed by atoms with E-state index in [4.69, 9.17) is 0 Å². The molecule has 0 atom stereocenters. The fourth-order valence-corrected chi connectivity index (χ4v) is 1.41. The van der Waals surface area contributed by atoms with E-state index < -0.39 is 0 Å². The van der Waals surface area contributed by atoms with E-state index in [1.165, 1.54) is 11.1 Å². The van der Waals surface area contributed by atoms with Crippen LogP contribution in [0.25, 0.3) is 11.1 Å². The molecule has 0 aliphatic rings. The summed E-state index contributed by atoms with van der Waals surface area (Å²) in [7, 11) is 1.93. The third kappa shape index (κ3) is 1.45. The van der Waals surface area contributed by atoms with E-state index >= 15 is 0 Å². The molecule has 0 bridgehead atoms. The second-order valence-corrected chi connectivity index (χ2v) is 3.04. The molecule has 0 unspecified atom stereocenters. The Morgan fingerprint density at radius 1 is 1.23 bits per heavy atom. The average molecular weight is 173 g/mol. The lowest BCUT2D eigenvalue weighted by atomic mass is 10.1. The van der Waals surface area contributed by atoms with Gasteiger partial charge in [-0.3, -0.25) is 9.67 Å². The predicted molar refractivity (Wildman–Crippen MR) is 51.2 cm³/mol. The van der Waals surface area contributed by atoms with Crippen LogP contribution in [0, 0.1) is 6.92 Å². The van der Waals surface area contributed by atoms with Crippen LogP contribution in [0.5, 0.6) is 0 Å². The normalized spacial score (nSPS) is 10.3. The van der Waals surface area contributed by atoms with Crippen molar-refractivity contribution in [3.63, 3.8) is 0 Å². The van der Waals surface area contributed by atoms with E-state index in [2.05, 4.69) is 10.1 Å². The van der Waals surface area contributed by atoms with E-state index in [9.17, 15) is 0 Å². The van der Waals surface area contributed by atoms with Crippen LogP contribution in [0.2, 0.25) is 0 Å².